The predicted octanol–water partition coefficient (Wildman–Crippen LogP) is 5.52. The van der Waals surface area contributed by atoms with Crippen LogP contribution in [0.25, 0.3) is 11.8 Å². The molecule has 11 heteroatoms. The van der Waals surface area contributed by atoms with E-state index in [1.165, 1.54) is 24.0 Å². The van der Waals surface area contributed by atoms with E-state index in [1.54, 1.807) is 25.6 Å². The number of benzene rings is 3. The van der Waals surface area contributed by atoms with Crippen molar-refractivity contribution in [2.75, 3.05) is 32.3 Å². The molecule has 4 aromatic rings. The van der Waals surface area contributed by atoms with Gasteiger partial charge in [-0.2, -0.15) is 0 Å². The number of oxime groups is 1. The maximum Gasteiger partial charge on any atom is 0.211 e. The second-order valence-electron chi connectivity index (χ2n) is 12.3. The highest BCUT2D eigenvalue weighted by atomic mass is 32.2. The molecule has 0 radical (unpaired) electrons. The first-order valence-electron chi connectivity index (χ1n) is 15.2. The topological polar surface area (TPSA) is 95.3 Å². The highest BCUT2D eigenvalue weighted by molar-refractivity contribution is 7.90. The van der Waals surface area contributed by atoms with Crippen LogP contribution < -0.4 is 4.74 Å². The summed E-state index contributed by atoms with van der Waals surface area (Å²) in [5, 5.41) is 4.51. The summed E-state index contributed by atoms with van der Waals surface area (Å²) < 4.78 is 54.0. The lowest BCUT2D eigenvalue weighted by Gasteiger charge is -2.53. The molecule has 1 saturated heterocycles. The first-order chi connectivity index (χ1) is 22.1. The third-order valence-electron chi connectivity index (χ3n) is 9.23. The van der Waals surface area contributed by atoms with E-state index in [9.17, 15) is 12.8 Å². The summed E-state index contributed by atoms with van der Waals surface area (Å²) in [4.78, 5) is 12.4. The number of aromatic nitrogens is 2. The monoisotopic (exact) mass is 642 g/mol. The number of methoxy groups -OCH3 is 1. The van der Waals surface area contributed by atoms with Crippen molar-refractivity contribution in [3.05, 3.63) is 119 Å². The number of nitrogens with zero attached hydrogens (tertiary/aromatic N) is 4. The Morgan fingerprint density at radius 3 is 2.65 bits per heavy atom. The van der Waals surface area contributed by atoms with Crippen LogP contribution >= 0.6 is 0 Å². The van der Waals surface area contributed by atoms with Gasteiger partial charge in [-0.1, -0.05) is 47.6 Å². The molecule has 2 aliphatic heterocycles. The molecule has 238 valence electrons. The van der Waals surface area contributed by atoms with Crippen molar-refractivity contribution in [2.24, 2.45) is 5.16 Å². The van der Waals surface area contributed by atoms with Crippen LogP contribution in [0.5, 0.6) is 5.75 Å². The standard InChI is InChI=1S/C35H35FN4O5S/c1-24-20-39(23-37-24)30-13-8-25(18-31(30)43-2)19-32-33-38-44-22-34(16-17-46(3,41)42,27-9-11-28(36)12-10-27)40(33)21-35(45-32)15-14-26-6-4-5-7-29(26)35/h4-13,18-20,23H,14-17,21-22H2,1-3H3/b32-19-. The molecule has 0 bridgehead atoms. The number of aryl methyl sites for hydroxylation is 2. The number of hydrogen-bond acceptors (Lipinski definition) is 8. The summed E-state index contributed by atoms with van der Waals surface area (Å²) in [5.74, 6) is 1.12. The Labute approximate surface area is 267 Å². The molecule has 0 amide bonds. The molecule has 1 aromatic heterocycles. The van der Waals surface area contributed by atoms with E-state index in [2.05, 4.69) is 27.2 Å². The van der Waals surface area contributed by atoms with E-state index in [0.29, 0.717) is 23.9 Å². The molecule has 1 spiro atoms. The van der Waals surface area contributed by atoms with Crippen molar-refractivity contribution in [3.8, 4) is 11.4 Å². The number of imidazole rings is 1. The highest BCUT2D eigenvalue weighted by Gasteiger charge is 2.55. The van der Waals surface area contributed by atoms with Gasteiger partial charge < -0.3 is 23.8 Å². The molecule has 3 aliphatic rings. The summed E-state index contributed by atoms with van der Waals surface area (Å²) in [6, 6.07) is 20.3. The zero-order valence-electron chi connectivity index (χ0n) is 25.9. The number of sulfone groups is 1. The fourth-order valence-corrected chi connectivity index (χ4v) is 7.61. The Hall–Kier alpha value is -4.64. The van der Waals surface area contributed by atoms with Crippen LogP contribution in [0.15, 0.2) is 90.2 Å². The molecule has 9 nitrogen and oxygen atoms in total. The van der Waals surface area contributed by atoms with E-state index in [4.69, 9.17) is 14.3 Å². The average molecular weight is 643 g/mol. The number of morpholine rings is 1. The van der Waals surface area contributed by atoms with Crippen molar-refractivity contribution in [3.63, 3.8) is 0 Å². The predicted molar refractivity (Wildman–Crippen MR) is 173 cm³/mol. The van der Waals surface area contributed by atoms with E-state index >= 15 is 0 Å². The van der Waals surface area contributed by atoms with E-state index < -0.39 is 21.0 Å². The molecule has 1 aliphatic carbocycles. The minimum absolute atomic E-state index is 0.0899. The molecular formula is C35H35FN4O5S. The van der Waals surface area contributed by atoms with Gasteiger partial charge in [0.1, 0.15) is 33.5 Å². The van der Waals surface area contributed by atoms with Crippen LogP contribution in [0.1, 0.15) is 40.8 Å². The zero-order valence-corrected chi connectivity index (χ0v) is 26.8. The fraction of sp³-hybridized carbons (Fsp3) is 0.314. The Bertz CT molecular complexity index is 1970. The molecule has 0 saturated carbocycles. The van der Waals surface area contributed by atoms with Gasteiger partial charge in [0.15, 0.2) is 11.4 Å². The van der Waals surface area contributed by atoms with Crippen molar-refractivity contribution in [1.82, 2.24) is 14.5 Å². The molecule has 0 N–H and O–H groups in total. The second-order valence-corrected chi connectivity index (χ2v) is 14.6. The number of amidine groups is 1. The molecule has 1 fully saturated rings. The fourth-order valence-electron chi connectivity index (χ4n) is 6.90. The van der Waals surface area contributed by atoms with Gasteiger partial charge in [-0.3, -0.25) is 0 Å². The lowest BCUT2D eigenvalue weighted by atomic mass is 9.82. The number of hydrogen-bond donors (Lipinski definition) is 0. The van der Waals surface area contributed by atoms with Gasteiger partial charge >= 0.3 is 0 Å². The van der Waals surface area contributed by atoms with Gasteiger partial charge in [-0.05, 0) is 73.2 Å². The quantitative estimate of drug-likeness (QED) is 0.262. The van der Waals surface area contributed by atoms with Crippen LogP contribution in [0.4, 0.5) is 4.39 Å². The van der Waals surface area contributed by atoms with Crippen molar-refractivity contribution in [1.29, 1.82) is 0 Å². The molecule has 2 atom stereocenters. The Balaban J connectivity index is 1.38. The maximum absolute atomic E-state index is 14.2. The Morgan fingerprint density at radius 2 is 1.91 bits per heavy atom. The van der Waals surface area contributed by atoms with Gasteiger partial charge in [-0.15, -0.1) is 0 Å². The normalized spacial score (nSPS) is 23.0. The van der Waals surface area contributed by atoms with Crippen LogP contribution in [0.2, 0.25) is 0 Å². The third-order valence-corrected chi connectivity index (χ3v) is 10.2. The van der Waals surface area contributed by atoms with Gasteiger partial charge in [0, 0.05) is 18.0 Å². The van der Waals surface area contributed by atoms with E-state index in [-0.39, 0.29) is 24.6 Å². The minimum Gasteiger partial charge on any atom is -0.495 e. The molecule has 2 unspecified atom stereocenters. The van der Waals surface area contributed by atoms with Crippen LogP contribution in [-0.4, -0.2) is 61.0 Å². The van der Waals surface area contributed by atoms with Gasteiger partial charge in [0.25, 0.3) is 0 Å². The number of rotatable bonds is 7. The second kappa shape index (κ2) is 11.3. The van der Waals surface area contributed by atoms with E-state index in [0.717, 1.165) is 40.9 Å². The summed E-state index contributed by atoms with van der Waals surface area (Å²) in [6.07, 6.45) is 8.59. The largest absolute Gasteiger partial charge is 0.495 e. The summed E-state index contributed by atoms with van der Waals surface area (Å²) >= 11 is 0. The van der Waals surface area contributed by atoms with E-state index in [1.807, 2.05) is 54.1 Å². The Morgan fingerprint density at radius 1 is 1.11 bits per heavy atom. The first-order valence-corrected chi connectivity index (χ1v) is 17.3. The van der Waals surface area contributed by atoms with Crippen molar-refractivity contribution in [2.45, 2.75) is 37.3 Å². The minimum atomic E-state index is -3.35. The van der Waals surface area contributed by atoms with Crippen molar-refractivity contribution < 1.29 is 27.1 Å². The molecular weight excluding hydrogens is 607 g/mol. The molecule has 3 heterocycles. The zero-order chi connectivity index (χ0) is 32.1. The van der Waals surface area contributed by atoms with Crippen LogP contribution in [-0.2, 0) is 37.0 Å². The SMILES string of the molecule is COc1cc(/C=C2\OC3(CCc4ccccc43)CN3C2=NOCC3(CCS(C)(=O)=O)c2ccc(F)cc2)ccc1-n1cnc(C)c1. The van der Waals surface area contributed by atoms with Gasteiger partial charge in [0.05, 0.1) is 37.1 Å². The van der Waals surface area contributed by atoms with Crippen molar-refractivity contribution >= 4 is 21.7 Å². The van der Waals surface area contributed by atoms with Crippen LogP contribution in [0.3, 0.4) is 0 Å². The summed E-state index contributed by atoms with van der Waals surface area (Å²) in [6.45, 7) is 2.43. The molecule has 3 aromatic carbocycles. The summed E-state index contributed by atoms with van der Waals surface area (Å²) in [5.41, 5.74) is 3.90. The lowest BCUT2D eigenvalue weighted by Crippen LogP contribution is -2.62. The van der Waals surface area contributed by atoms with Gasteiger partial charge in [0.2, 0.25) is 5.84 Å². The number of fused-ring (bicyclic) bond motifs is 3. The smallest absolute Gasteiger partial charge is 0.211 e. The first kappa shape index (κ1) is 30.0. The van der Waals surface area contributed by atoms with Gasteiger partial charge in [-0.25, -0.2) is 17.8 Å². The average Bonchev–Trinajstić information content (AvgIpc) is 3.63. The van der Waals surface area contributed by atoms with Crippen LogP contribution in [0, 0.1) is 12.7 Å². The number of ether oxygens (including phenoxy) is 2. The highest BCUT2D eigenvalue weighted by Crippen LogP contribution is 2.50. The summed E-state index contributed by atoms with van der Waals surface area (Å²) in [7, 11) is -1.72. The molecule has 7 rings (SSSR count). The molecule has 46 heavy (non-hydrogen) atoms. The Kier molecular flexibility index (Phi) is 7.38. The maximum atomic E-state index is 14.2. The number of halogens is 1. The lowest BCUT2D eigenvalue weighted by molar-refractivity contribution is -0.0906. The third kappa shape index (κ3) is 5.32.